The molecule has 0 saturated heterocycles. The van der Waals surface area contributed by atoms with Crippen LogP contribution in [-0.2, 0) is 19.6 Å². The van der Waals surface area contributed by atoms with Gasteiger partial charge < -0.3 is 9.84 Å². The van der Waals surface area contributed by atoms with Gasteiger partial charge in [0.05, 0.1) is 22.9 Å². The summed E-state index contributed by atoms with van der Waals surface area (Å²) in [6.45, 7) is 1.63. The van der Waals surface area contributed by atoms with E-state index < -0.39 is 27.7 Å². The maximum absolute atomic E-state index is 11.6. The van der Waals surface area contributed by atoms with E-state index in [0.29, 0.717) is 0 Å². The van der Waals surface area contributed by atoms with Crippen molar-refractivity contribution >= 4 is 39.3 Å². The average molecular weight is 322 g/mol. The highest BCUT2D eigenvalue weighted by molar-refractivity contribution is 7.93. The first kappa shape index (κ1) is 16.3. The summed E-state index contributed by atoms with van der Waals surface area (Å²) >= 11 is 5.70. The number of carbonyl (C=O) groups excluding carboxylic acids is 1. The van der Waals surface area contributed by atoms with Crippen LogP contribution in [0.25, 0.3) is 0 Å². The third-order valence-corrected chi connectivity index (χ3v) is 3.56. The highest BCUT2D eigenvalue weighted by Gasteiger charge is 2.18. The Morgan fingerprint density at radius 3 is 2.55 bits per heavy atom. The first-order chi connectivity index (χ1) is 9.25. The van der Waals surface area contributed by atoms with Gasteiger partial charge in [-0.15, -0.1) is 0 Å². The minimum atomic E-state index is -3.94. The lowest BCUT2D eigenvalue weighted by atomic mass is 10.2. The molecule has 2 N–H and O–H groups in total. The maximum atomic E-state index is 11.6. The van der Waals surface area contributed by atoms with E-state index in [0.717, 1.165) is 12.1 Å². The number of carbonyl (C=O) groups is 2. The summed E-state index contributed by atoms with van der Waals surface area (Å²) in [4.78, 5) is 21.9. The SMILES string of the molecule is CCOC(=O)CS(=O)(=O)Nc1ccc(C(=O)O)c(Cl)c1. The molecule has 7 nitrogen and oxygen atoms in total. The predicted molar refractivity (Wildman–Crippen MR) is 72.5 cm³/mol. The molecule has 0 amide bonds. The molecule has 0 fully saturated rings. The molecule has 0 heterocycles. The molecule has 110 valence electrons. The highest BCUT2D eigenvalue weighted by Crippen LogP contribution is 2.21. The highest BCUT2D eigenvalue weighted by atomic mass is 35.5. The Bertz CT molecular complexity index is 628. The molecule has 0 aromatic heterocycles. The van der Waals surface area contributed by atoms with Crippen LogP contribution in [0.5, 0.6) is 0 Å². The zero-order valence-electron chi connectivity index (χ0n) is 10.4. The van der Waals surface area contributed by atoms with Gasteiger partial charge >= 0.3 is 11.9 Å². The minimum Gasteiger partial charge on any atom is -0.478 e. The Morgan fingerprint density at radius 2 is 2.05 bits per heavy atom. The number of halogens is 1. The van der Waals surface area contributed by atoms with Crippen molar-refractivity contribution in [1.82, 2.24) is 0 Å². The molecular formula is C11H12ClNO6S. The lowest BCUT2D eigenvalue weighted by molar-refractivity contribution is -0.139. The van der Waals surface area contributed by atoms with Crippen LogP contribution in [0.15, 0.2) is 18.2 Å². The molecule has 0 aliphatic carbocycles. The van der Waals surface area contributed by atoms with Crippen molar-refractivity contribution in [1.29, 1.82) is 0 Å². The predicted octanol–water partition coefficient (Wildman–Crippen LogP) is 1.34. The van der Waals surface area contributed by atoms with Crippen molar-refractivity contribution in [2.45, 2.75) is 6.92 Å². The topological polar surface area (TPSA) is 110 Å². The van der Waals surface area contributed by atoms with E-state index in [4.69, 9.17) is 16.7 Å². The lowest BCUT2D eigenvalue weighted by Crippen LogP contribution is -2.24. The molecular weight excluding hydrogens is 310 g/mol. The van der Waals surface area contributed by atoms with Crippen LogP contribution in [0, 0.1) is 0 Å². The first-order valence-electron chi connectivity index (χ1n) is 5.44. The first-order valence-corrected chi connectivity index (χ1v) is 7.47. The van der Waals surface area contributed by atoms with Gasteiger partial charge in [-0.2, -0.15) is 0 Å². The zero-order chi connectivity index (χ0) is 15.3. The van der Waals surface area contributed by atoms with Crippen LogP contribution in [0.2, 0.25) is 5.02 Å². The molecule has 1 aromatic rings. The van der Waals surface area contributed by atoms with Gasteiger partial charge in [0, 0.05) is 0 Å². The molecule has 0 aliphatic heterocycles. The van der Waals surface area contributed by atoms with E-state index in [1.165, 1.54) is 6.07 Å². The summed E-state index contributed by atoms with van der Waals surface area (Å²) in [5, 5.41) is 8.67. The fraction of sp³-hybridized carbons (Fsp3) is 0.273. The number of aromatic carboxylic acids is 1. The van der Waals surface area contributed by atoms with Crippen LogP contribution < -0.4 is 4.72 Å². The van der Waals surface area contributed by atoms with Gasteiger partial charge in [-0.1, -0.05) is 11.6 Å². The van der Waals surface area contributed by atoms with E-state index >= 15 is 0 Å². The number of carboxylic acid groups (broad SMARTS) is 1. The molecule has 20 heavy (non-hydrogen) atoms. The van der Waals surface area contributed by atoms with Crippen molar-refractivity contribution in [3.05, 3.63) is 28.8 Å². The third-order valence-electron chi connectivity index (χ3n) is 2.09. The van der Waals surface area contributed by atoms with Crippen molar-refractivity contribution < 1.29 is 27.9 Å². The molecule has 0 aliphatic rings. The summed E-state index contributed by atoms with van der Waals surface area (Å²) in [5.41, 5.74) is -0.0932. The Hall–Kier alpha value is -1.80. The molecule has 0 saturated carbocycles. The van der Waals surface area contributed by atoms with Gasteiger partial charge in [0.1, 0.15) is 0 Å². The summed E-state index contributed by atoms with van der Waals surface area (Å²) in [7, 11) is -3.94. The number of hydrogen-bond acceptors (Lipinski definition) is 5. The average Bonchev–Trinajstić information content (AvgIpc) is 2.26. The standard InChI is InChI=1S/C11H12ClNO6S/c1-2-19-10(14)6-20(17,18)13-7-3-4-8(11(15)16)9(12)5-7/h3-5,13H,2,6H2,1H3,(H,15,16). The van der Waals surface area contributed by atoms with E-state index in [9.17, 15) is 18.0 Å². The Kier molecular flexibility index (Phi) is 5.34. The summed E-state index contributed by atoms with van der Waals surface area (Å²) < 4.78 is 29.9. The fourth-order valence-corrected chi connectivity index (χ4v) is 2.54. The van der Waals surface area contributed by atoms with Gasteiger partial charge in [0.2, 0.25) is 10.0 Å². The number of ether oxygens (including phenoxy) is 1. The number of sulfonamides is 1. The number of esters is 1. The number of rotatable bonds is 6. The van der Waals surface area contributed by atoms with Crippen LogP contribution in [0.1, 0.15) is 17.3 Å². The quantitative estimate of drug-likeness (QED) is 0.765. The van der Waals surface area contributed by atoms with Crippen molar-refractivity contribution in [3.63, 3.8) is 0 Å². The number of nitrogens with one attached hydrogen (secondary N) is 1. The normalized spacial score (nSPS) is 10.9. The number of benzene rings is 1. The molecule has 9 heteroatoms. The summed E-state index contributed by atoms with van der Waals surface area (Å²) in [6.07, 6.45) is 0. The maximum Gasteiger partial charge on any atom is 0.337 e. The lowest BCUT2D eigenvalue weighted by Gasteiger charge is -2.08. The summed E-state index contributed by atoms with van der Waals surface area (Å²) in [6, 6.07) is 3.54. The second-order valence-electron chi connectivity index (χ2n) is 3.67. The van der Waals surface area contributed by atoms with Crippen molar-refractivity contribution in [3.8, 4) is 0 Å². The second-order valence-corrected chi connectivity index (χ2v) is 5.80. The molecule has 1 rings (SSSR count). The second kappa shape index (κ2) is 6.58. The Balaban J connectivity index is 2.85. The van der Waals surface area contributed by atoms with E-state index in [2.05, 4.69) is 9.46 Å². The summed E-state index contributed by atoms with van der Waals surface area (Å²) in [5.74, 6) is -2.94. The van der Waals surface area contributed by atoms with Gasteiger partial charge in [-0.25, -0.2) is 13.2 Å². The number of carboxylic acids is 1. The number of hydrogen-bond donors (Lipinski definition) is 2. The zero-order valence-corrected chi connectivity index (χ0v) is 12.0. The van der Waals surface area contributed by atoms with E-state index in [1.54, 1.807) is 6.92 Å². The molecule has 0 atom stereocenters. The smallest absolute Gasteiger partial charge is 0.337 e. The third kappa shape index (κ3) is 4.71. The fourth-order valence-electron chi connectivity index (χ4n) is 1.33. The molecule has 0 radical (unpaired) electrons. The van der Waals surface area contributed by atoms with Crippen LogP contribution in [0.4, 0.5) is 5.69 Å². The minimum absolute atomic E-state index is 0.0595. The molecule has 1 aromatic carbocycles. The Labute approximate surface area is 120 Å². The van der Waals surface area contributed by atoms with Gasteiger partial charge in [0.25, 0.3) is 0 Å². The van der Waals surface area contributed by atoms with Crippen molar-refractivity contribution in [2.75, 3.05) is 17.1 Å². The Morgan fingerprint density at radius 1 is 1.40 bits per heavy atom. The van der Waals surface area contributed by atoms with Crippen LogP contribution >= 0.6 is 11.6 Å². The van der Waals surface area contributed by atoms with E-state index in [-0.39, 0.29) is 22.9 Å². The van der Waals surface area contributed by atoms with E-state index in [1.807, 2.05) is 0 Å². The van der Waals surface area contributed by atoms with Crippen LogP contribution in [0.3, 0.4) is 0 Å². The molecule has 0 unspecified atom stereocenters. The largest absolute Gasteiger partial charge is 0.478 e. The number of anilines is 1. The van der Waals surface area contributed by atoms with Gasteiger partial charge in [-0.05, 0) is 25.1 Å². The molecule has 0 spiro atoms. The van der Waals surface area contributed by atoms with Crippen molar-refractivity contribution in [2.24, 2.45) is 0 Å². The van der Waals surface area contributed by atoms with Gasteiger partial charge in [0.15, 0.2) is 5.75 Å². The van der Waals surface area contributed by atoms with Crippen LogP contribution in [-0.4, -0.2) is 37.8 Å². The molecule has 0 bridgehead atoms. The monoisotopic (exact) mass is 321 g/mol. The van der Waals surface area contributed by atoms with Gasteiger partial charge in [-0.3, -0.25) is 9.52 Å².